The average molecular weight is 461 g/mol. The van der Waals surface area contributed by atoms with Crippen molar-refractivity contribution >= 4 is 23.7 Å². The molecule has 0 amide bonds. The number of benzene rings is 2. The zero-order valence-electron chi connectivity index (χ0n) is 19.9. The topological polar surface area (TPSA) is 96.4 Å². The van der Waals surface area contributed by atoms with Crippen LogP contribution in [0.2, 0.25) is 0 Å². The number of ether oxygens (including phenoxy) is 1. The van der Waals surface area contributed by atoms with Crippen LogP contribution in [0.25, 0.3) is 6.08 Å². The Morgan fingerprint density at radius 2 is 1.74 bits per heavy atom. The van der Waals surface area contributed by atoms with E-state index < -0.39 is 12.3 Å². The van der Waals surface area contributed by atoms with Crippen molar-refractivity contribution in [3.8, 4) is 0 Å². The number of aliphatic hydroxyl groups excluding tert-OH is 1. The molecule has 0 bridgehead atoms. The first-order valence-corrected chi connectivity index (χ1v) is 11.5. The number of aliphatic hydroxyl groups is 1. The maximum Gasteiger partial charge on any atom is 0.323 e. The number of esters is 1. The summed E-state index contributed by atoms with van der Waals surface area (Å²) >= 11 is 0. The number of carbonyl (C=O) groups is 1. The summed E-state index contributed by atoms with van der Waals surface area (Å²) in [4.78, 5) is 21.0. The molecule has 0 aliphatic rings. The van der Waals surface area contributed by atoms with Gasteiger partial charge in [0.1, 0.15) is 12.3 Å². The fourth-order valence-corrected chi connectivity index (χ4v) is 3.58. The van der Waals surface area contributed by atoms with Crippen LogP contribution < -0.4 is 10.6 Å². The second-order valence-electron chi connectivity index (χ2n) is 8.05. The lowest BCUT2D eigenvalue weighted by Crippen LogP contribution is -2.40. The summed E-state index contributed by atoms with van der Waals surface area (Å²) < 4.78 is 5.36. The third-order valence-electron chi connectivity index (χ3n) is 5.32. The number of nitrogens with one attached hydrogen (secondary N) is 2. The molecule has 2 aromatic carbocycles. The molecule has 1 heterocycles. The first kappa shape index (κ1) is 25.1. The molecule has 7 heteroatoms. The fraction of sp³-hybridized carbons (Fsp3) is 0.296. The molecule has 3 aromatic rings. The van der Waals surface area contributed by atoms with Crippen LogP contribution in [0.3, 0.4) is 0 Å². The molecular weight excluding hydrogens is 428 g/mol. The molecule has 0 saturated heterocycles. The average Bonchev–Trinajstić information content (AvgIpc) is 2.83. The van der Waals surface area contributed by atoms with Crippen molar-refractivity contribution in [2.75, 3.05) is 11.9 Å². The van der Waals surface area contributed by atoms with Crippen LogP contribution in [-0.4, -0.2) is 33.7 Å². The maximum absolute atomic E-state index is 12.6. The summed E-state index contributed by atoms with van der Waals surface area (Å²) in [5.41, 5.74) is 4.57. The van der Waals surface area contributed by atoms with Crippen molar-refractivity contribution in [1.29, 1.82) is 0 Å². The highest BCUT2D eigenvalue weighted by Crippen LogP contribution is 2.21. The van der Waals surface area contributed by atoms with E-state index in [4.69, 9.17) is 4.74 Å². The van der Waals surface area contributed by atoms with Gasteiger partial charge in [0.2, 0.25) is 5.95 Å². The number of carbonyl (C=O) groups excluding carboxylic acids is 1. The van der Waals surface area contributed by atoms with E-state index in [2.05, 4.69) is 20.6 Å². The van der Waals surface area contributed by atoms with Gasteiger partial charge in [-0.05, 0) is 61.6 Å². The Kier molecular flexibility index (Phi) is 9.31. The lowest BCUT2D eigenvalue weighted by molar-refractivity contribution is -0.147. The van der Waals surface area contributed by atoms with Gasteiger partial charge in [-0.3, -0.25) is 10.1 Å². The van der Waals surface area contributed by atoms with Gasteiger partial charge in [0.25, 0.3) is 0 Å². The second kappa shape index (κ2) is 12.6. The van der Waals surface area contributed by atoms with E-state index >= 15 is 0 Å². The molecule has 0 spiro atoms. The zero-order valence-corrected chi connectivity index (χ0v) is 19.9. The minimum absolute atomic E-state index is 0.347. The van der Waals surface area contributed by atoms with Crippen LogP contribution >= 0.6 is 0 Å². The van der Waals surface area contributed by atoms with E-state index in [9.17, 15) is 9.90 Å². The van der Waals surface area contributed by atoms with Crippen LogP contribution in [0, 0.1) is 13.8 Å². The number of aryl methyl sites for hydroxylation is 2. The van der Waals surface area contributed by atoms with Crippen LogP contribution in [0.5, 0.6) is 0 Å². The number of anilines is 2. The summed E-state index contributed by atoms with van der Waals surface area (Å²) in [6.45, 7) is 6.18. The van der Waals surface area contributed by atoms with E-state index in [-0.39, 0.29) is 5.97 Å². The van der Waals surface area contributed by atoms with Crippen LogP contribution in [0.1, 0.15) is 48.2 Å². The molecule has 0 aliphatic heterocycles. The Hall–Kier alpha value is -3.55. The molecule has 2 unspecified atom stereocenters. The maximum atomic E-state index is 12.6. The van der Waals surface area contributed by atoms with Crippen LogP contribution in [0.4, 0.5) is 11.6 Å². The molecule has 178 valence electrons. The Balaban J connectivity index is 1.65. The zero-order chi connectivity index (χ0) is 24.3. The van der Waals surface area contributed by atoms with Crippen LogP contribution in [0.15, 0.2) is 67.0 Å². The lowest BCUT2D eigenvalue weighted by atomic mass is 10.0. The number of rotatable bonds is 11. The Morgan fingerprint density at radius 3 is 2.38 bits per heavy atom. The van der Waals surface area contributed by atoms with Gasteiger partial charge in [0.05, 0.1) is 6.61 Å². The summed E-state index contributed by atoms with van der Waals surface area (Å²) in [5, 5.41) is 17.0. The van der Waals surface area contributed by atoms with Crippen molar-refractivity contribution in [2.45, 2.75) is 45.9 Å². The number of hydrogen-bond acceptors (Lipinski definition) is 7. The van der Waals surface area contributed by atoms with Gasteiger partial charge in [0.15, 0.2) is 0 Å². The highest BCUT2D eigenvalue weighted by Gasteiger charge is 2.23. The Bertz CT molecular complexity index is 1060. The third kappa shape index (κ3) is 7.23. The van der Waals surface area contributed by atoms with E-state index in [0.29, 0.717) is 19.0 Å². The third-order valence-corrected chi connectivity index (χ3v) is 5.32. The molecule has 1 aromatic heterocycles. The monoisotopic (exact) mass is 460 g/mol. The molecule has 7 nitrogen and oxygen atoms in total. The second-order valence-corrected chi connectivity index (χ2v) is 8.05. The van der Waals surface area contributed by atoms with Crippen molar-refractivity contribution in [3.05, 3.63) is 89.3 Å². The summed E-state index contributed by atoms with van der Waals surface area (Å²) in [5.74, 6) is 0.159. The van der Waals surface area contributed by atoms with E-state index in [0.717, 1.165) is 34.4 Å². The number of hydrogen-bond donors (Lipinski definition) is 3. The van der Waals surface area contributed by atoms with Gasteiger partial charge < -0.3 is 15.2 Å². The summed E-state index contributed by atoms with van der Waals surface area (Å²) in [6.07, 6.45) is 7.35. The van der Waals surface area contributed by atoms with Crippen molar-refractivity contribution in [2.24, 2.45) is 0 Å². The largest absolute Gasteiger partial charge is 0.465 e. The molecule has 0 fully saturated rings. The van der Waals surface area contributed by atoms with Crippen molar-refractivity contribution in [3.63, 3.8) is 0 Å². The Morgan fingerprint density at radius 1 is 1.06 bits per heavy atom. The molecule has 0 saturated carbocycles. The normalized spacial score (nSPS) is 12.9. The first-order chi connectivity index (χ1) is 16.5. The van der Waals surface area contributed by atoms with Gasteiger partial charge in [-0.1, -0.05) is 49.4 Å². The molecule has 3 N–H and O–H groups in total. The van der Waals surface area contributed by atoms with E-state index in [1.165, 1.54) is 0 Å². The smallest absolute Gasteiger partial charge is 0.323 e. The first-order valence-electron chi connectivity index (χ1n) is 11.5. The van der Waals surface area contributed by atoms with Crippen LogP contribution in [-0.2, 0) is 9.53 Å². The van der Waals surface area contributed by atoms with Crippen molar-refractivity contribution in [1.82, 2.24) is 15.3 Å². The molecule has 0 radical (unpaired) electrons. The molecular formula is C27H32N4O3. The van der Waals surface area contributed by atoms with E-state index in [1.54, 1.807) is 18.5 Å². The van der Waals surface area contributed by atoms with Gasteiger partial charge in [-0.25, -0.2) is 9.97 Å². The molecule has 3 rings (SSSR count). The predicted octanol–water partition coefficient (Wildman–Crippen LogP) is 4.84. The minimum Gasteiger partial charge on any atom is -0.465 e. The predicted molar refractivity (Wildman–Crippen MR) is 134 cm³/mol. The summed E-state index contributed by atoms with van der Waals surface area (Å²) in [6, 6.07) is 14.7. The Labute approximate surface area is 200 Å². The SMILES string of the molecule is CCCOC(=O)C(C/C=C/c1ccc(Nc2ncccn2)cc1)NC(O)c1c(C)cccc1C. The van der Waals surface area contributed by atoms with E-state index in [1.807, 2.05) is 75.4 Å². The molecule has 34 heavy (non-hydrogen) atoms. The number of nitrogens with zero attached hydrogens (tertiary/aromatic N) is 2. The standard InChI is InChI=1S/C27H32N4O3/c1-4-18-34-26(33)23(31-25(32)24-19(2)8-5-9-20(24)3)11-6-10-21-12-14-22(15-13-21)30-27-28-16-7-17-29-27/h5-10,12-17,23,25,31-32H,4,11,18H2,1-3H3,(H,28,29,30)/b10-6+. The molecule has 0 aliphatic carbocycles. The summed E-state index contributed by atoms with van der Waals surface area (Å²) in [7, 11) is 0. The van der Waals surface area contributed by atoms with Gasteiger partial charge >= 0.3 is 5.97 Å². The highest BCUT2D eigenvalue weighted by atomic mass is 16.5. The number of aromatic nitrogens is 2. The quantitative estimate of drug-likeness (QED) is 0.278. The van der Waals surface area contributed by atoms with Gasteiger partial charge in [-0.15, -0.1) is 0 Å². The highest BCUT2D eigenvalue weighted by molar-refractivity contribution is 5.76. The minimum atomic E-state index is -0.973. The fourth-order valence-electron chi connectivity index (χ4n) is 3.58. The van der Waals surface area contributed by atoms with Crippen molar-refractivity contribution < 1.29 is 14.6 Å². The molecule has 2 atom stereocenters. The lowest BCUT2D eigenvalue weighted by Gasteiger charge is -2.23. The van der Waals surface area contributed by atoms with Gasteiger partial charge in [-0.2, -0.15) is 0 Å². The van der Waals surface area contributed by atoms with Gasteiger partial charge in [0, 0.05) is 23.6 Å².